The van der Waals surface area contributed by atoms with Gasteiger partial charge in [-0.05, 0) is 24.5 Å². The number of phenols is 2. The summed E-state index contributed by atoms with van der Waals surface area (Å²) in [5.41, 5.74) is 1.03. The molecule has 0 heterocycles. The van der Waals surface area contributed by atoms with E-state index >= 15 is 0 Å². The minimum atomic E-state index is -0.129. The second-order valence-corrected chi connectivity index (χ2v) is 4.12. The van der Waals surface area contributed by atoms with Gasteiger partial charge in [0.1, 0.15) is 23.5 Å². The first-order valence-corrected chi connectivity index (χ1v) is 6.13. The molecule has 1 rings (SSSR count). The van der Waals surface area contributed by atoms with Crippen molar-refractivity contribution in [2.24, 2.45) is 10.2 Å². The highest BCUT2D eigenvalue weighted by Gasteiger charge is 2.08. The van der Waals surface area contributed by atoms with Gasteiger partial charge < -0.3 is 10.2 Å². The van der Waals surface area contributed by atoms with Crippen LogP contribution in [0.5, 0.6) is 11.5 Å². The van der Waals surface area contributed by atoms with E-state index in [4.69, 9.17) is 5.41 Å². The zero-order valence-corrected chi connectivity index (χ0v) is 10.6. The van der Waals surface area contributed by atoms with Gasteiger partial charge in [0.25, 0.3) is 0 Å². The Hall–Kier alpha value is -1.91. The molecule has 0 saturated heterocycles. The number of unbranched alkanes of at least 4 members (excludes halogenated alkanes) is 3. The summed E-state index contributed by atoms with van der Waals surface area (Å²) >= 11 is 0. The SMILES string of the molecule is CCCCCCc1cc(N=NC=N)c(O)cc1O. The van der Waals surface area contributed by atoms with Crippen LogP contribution in [0.3, 0.4) is 0 Å². The van der Waals surface area contributed by atoms with Gasteiger partial charge in [-0.15, -0.1) is 10.2 Å². The third-order valence-corrected chi connectivity index (χ3v) is 2.70. The summed E-state index contributed by atoms with van der Waals surface area (Å²) in [5, 5.41) is 33.1. The average Bonchev–Trinajstić information content (AvgIpc) is 2.35. The maximum atomic E-state index is 9.72. The van der Waals surface area contributed by atoms with E-state index in [-0.39, 0.29) is 17.2 Å². The number of hydrogen-bond donors (Lipinski definition) is 3. The highest BCUT2D eigenvalue weighted by molar-refractivity contribution is 5.58. The lowest BCUT2D eigenvalue weighted by atomic mass is 10.0. The predicted octanol–water partition coefficient (Wildman–Crippen LogP) is 3.91. The van der Waals surface area contributed by atoms with Gasteiger partial charge in [-0.25, -0.2) is 0 Å². The molecule has 0 atom stereocenters. The molecule has 1 aromatic rings. The van der Waals surface area contributed by atoms with E-state index in [0.717, 1.165) is 31.2 Å². The van der Waals surface area contributed by atoms with E-state index in [2.05, 4.69) is 17.2 Å². The Balaban J connectivity index is 2.77. The van der Waals surface area contributed by atoms with Crippen LogP contribution in [0.1, 0.15) is 38.2 Å². The van der Waals surface area contributed by atoms with Gasteiger partial charge >= 0.3 is 0 Å². The zero-order chi connectivity index (χ0) is 13.4. The largest absolute Gasteiger partial charge is 0.508 e. The van der Waals surface area contributed by atoms with E-state index < -0.39 is 0 Å². The summed E-state index contributed by atoms with van der Waals surface area (Å²) in [6.07, 6.45) is 6.01. The Labute approximate surface area is 107 Å². The maximum absolute atomic E-state index is 9.72. The third-order valence-electron chi connectivity index (χ3n) is 2.70. The second-order valence-electron chi connectivity index (χ2n) is 4.12. The van der Waals surface area contributed by atoms with Gasteiger partial charge in [0.15, 0.2) is 0 Å². The van der Waals surface area contributed by atoms with Crippen LogP contribution in [-0.2, 0) is 6.42 Å². The minimum Gasteiger partial charge on any atom is -0.508 e. The number of azo groups is 1. The van der Waals surface area contributed by atoms with Crippen LogP contribution >= 0.6 is 0 Å². The van der Waals surface area contributed by atoms with Crippen molar-refractivity contribution >= 4 is 12.0 Å². The first kappa shape index (κ1) is 14.2. The number of nitrogens with zero attached hydrogens (tertiary/aromatic N) is 2. The lowest BCUT2D eigenvalue weighted by Crippen LogP contribution is -1.87. The Kier molecular flexibility index (Phi) is 5.84. The van der Waals surface area contributed by atoms with Crippen molar-refractivity contribution in [1.82, 2.24) is 0 Å². The molecule has 0 aliphatic carbocycles. The van der Waals surface area contributed by atoms with Gasteiger partial charge in [0.05, 0.1) is 0 Å². The Morgan fingerprint density at radius 2 is 1.94 bits per heavy atom. The summed E-state index contributed by atoms with van der Waals surface area (Å²) in [6, 6.07) is 2.89. The fourth-order valence-electron chi connectivity index (χ4n) is 1.72. The van der Waals surface area contributed by atoms with Gasteiger partial charge in [-0.2, -0.15) is 0 Å². The van der Waals surface area contributed by atoms with Crippen molar-refractivity contribution in [2.75, 3.05) is 0 Å². The van der Waals surface area contributed by atoms with Crippen LogP contribution in [-0.4, -0.2) is 16.6 Å². The second kappa shape index (κ2) is 7.42. The van der Waals surface area contributed by atoms with Crippen LogP contribution in [0.2, 0.25) is 0 Å². The number of hydrogen-bond acceptors (Lipinski definition) is 4. The van der Waals surface area contributed by atoms with Gasteiger partial charge in [0.2, 0.25) is 0 Å². The van der Waals surface area contributed by atoms with Crippen molar-refractivity contribution in [3.8, 4) is 11.5 Å². The van der Waals surface area contributed by atoms with E-state index in [1.54, 1.807) is 6.07 Å². The van der Waals surface area contributed by atoms with Gasteiger partial charge in [-0.1, -0.05) is 26.2 Å². The predicted molar refractivity (Wildman–Crippen MR) is 70.9 cm³/mol. The summed E-state index contributed by atoms with van der Waals surface area (Å²) in [7, 11) is 0. The monoisotopic (exact) mass is 249 g/mol. The molecule has 0 spiro atoms. The van der Waals surface area contributed by atoms with Gasteiger partial charge in [0, 0.05) is 6.07 Å². The van der Waals surface area contributed by atoms with Crippen LogP contribution in [0, 0.1) is 5.41 Å². The van der Waals surface area contributed by atoms with Crippen molar-refractivity contribution < 1.29 is 10.2 Å². The van der Waals surface area contributed by atoms with E-state index in [1.165, 1.54) is 18.9 Å². The standard InChI is InChI=1S/C13H19N3O2/c1-2-3-4-5-6-10-7-11(16-15-9-14)13(18)8-12(10)17/h7-9,14,17-18H,2-6H2,1H3. The molecule has 0 saturated carbocycles. The summed E-state index contributed by atoms with van der Waals surface area (Å²) in [5.74, 6) is -0.0480. The molecule has 1 aromatic carbocycles. The number of aromatic hydroxyl groups is 2. The first-order valence-electron chi connectivity index (χ1n) is 6.13. The molecular weight excluding hydrogens is 230 g/mol. The number of rotatable bonds is 7. The van der Waals surface area contributed by atoms with Crippen LogP contribution in [0.15, 0.2) is 22.4 Å². The Morgan fingerprint density at radius 3 is 2.61 bits per heavy atom. The molecule has 5 heteroatoms. The zero-order valence-electron chi connectivity index (χ0n) is 10.6. The van der Waals surface area contributed by atoms with Crippen LogP contribution < -0.4 is 0 Å². The van der Waals surface area contributed by atoms with Crippen molar-refractivity contribution in [3.63, 3.8) is 0 Å². The lowest BCUT2D eigenvalue weighted by Gasteiger charge is -2.06. The quantitative estimate of drug-likeness (QED) is 0.296. The van der Waals surface area contributed by atoms with E-state index in [0.29, 0.717) is 0 Å². The van der Waals surface area contributed by atoms with Crippen LogP contribution in [0.4, 0.5) is 5.69 Å². The molecule has 5 nitrogen and oxygen atoms in total. The van der Waals surface area contributed by atoms with E-state index in [9.17, 15) is 10.2 Å². The molecular formula is C13H19N3O2. The molecule has 0 bridgehead atoms. The molecule has 0 radical (unpaired) electrons. The molecule has 3 N–H and O–H groups in total. The molecule has 0 aromatic heterocycles. The third kappa shape index (κ3) is 4.16. The molecule has 0 aliphatic rings. The van der Waals surface area contributed by atoms with E-state index in [1.807, 2.05) is 0 Å². The Morgan fingerprint density at radius 1 is 1.17 bits per heavy atom. The number of benzene rings is 1. The normalized spacial score (nSPS) is 10.9. The highest BCUT2D eigenvalue weighted by atomic mass is 16.3. The fourth-order valence-corrected chi connectivity index (χ4v) is 1.72. The molecule has 0 unspecified atom stereocenters. The molecule has 98 valence electrons. The van der Waals surface area contributed by atoms with Gasteiger partial charge in [-0.3, -0.25) is 5.41 Å². The summed E-state index contributed by atoms with van der Waals surface area (Å²) < 4.78 is 0. The number of nitrogens with one attached hydrogen (secondary N) is 1. The summed E-state index contributed by atoms with van der Waals surface area (Å²) in [4.78, 5) is 0. The first-order chi connectivity index (χ1) is 8.69. The number of aryl methyl sites for hydroxylation is 1. The van der Waals surface area contributed by atoms with Crippen molar-refractivity contribution in [1.29, 1.82) is 5.41 Å². The Bertz CT molecular complexity index is 430. The molecule has 0 aliphatic heterocycles. The smallest absolute Gasteiger partial charge is 0.146 e. The molecule has 0 amide bonds. The lowest BCUT2D eigenvalue weighted by molar-refractivity contribution is 0.445. The topological polar surface area (TPSA) is 89.0 Å². The highest BCUT2D eigenvalue weighted by Crippen LogP contribution is 2.34. The molecule has 0 fully saturated rings. The minimum absolute atomic E-state index is 0.0813. The van der Waals surface area contributed by atoms with Crippen LogP contribution in [0.25, 0.3) is 0 Å². The number of phenolic OH excluding ortho intramolecular Hbond substituents is 2. The van der Waals surface area contributed by atoms with Crippen molar-refractivity contribution in [3.05, 3.63) is 17.7 Å². The van der Waals surface area contributed by atoms with Crippen molar-refractivity contribution in [2.45, 2.75) is 39.0 Å². The average molecular weight is 249 g/mol. The fraction of sp³-hybridized carbons (Fsp3) is 0.462. The molecule has 18 heavy (non-hydrogen) atoms. The summed E-state index contributed by atoms with van der Waals surface area (Å²) in [6.45, 7) is 2.15. The maximum Gasteiger partial charge on any atom is 0.146 e.